The van der Waals surface area contributed by atoms with E-state index < -0.39 is 6.29 Å². The maximum Gasteiger partial charge on any atom is 0.201 e. The summed E-state index contributed by atoms with van der Waals surface area (Å²) in [6, 6.07) is 9.86. The lowest BCUT2D eigenvalue weighted by molar-refractivity contribution is -0.142. The highest BCUT2D eigenvalue weighted by Crippen LogP contribution is 2.28. The average molecular weight is 345 g/mol. The maximum atomic E-state index is 5.57. The van der Waals surface area contributed by atoms with Crippen LogP contribution in [0.1, 0.15) is 25.8 Å². The minimum absolute atomic E-state index is 0.429. The molecule has 1 heterocycles. The van der Waals surface area contributed by atoms with E-state index in [1.807, 2.05) is 57.1 Å². The molecular weight excluding hydrogens is 318 g/mol. The lowest BCUT2D eigenvalue weighted by atomic mass is 10.2. The van der Waals surface area contributed by atoms with Gasteiger partial charge in [-0.15, -0.1) is 0 Å². The fraction of sp³-hybridized carbons (Fsp3) is 0.421. The number of anilines is 3. The first-order chi connectivity index (χ1) is 12.1. The number of pyridine rings is 1. The molecule has 136 valence electrons. The van der Waals surface area contributed by atoms with Gasteiger partial charge in [0.2, 0.25) is 6.29 Å². The van der Waals surface area contributed by atoms with Crippen molar-refractivity contribution in [2.45, 2.75) is 20.1 Å². The molecule has 25 heavy (non-hydrogen) atoms. The van der Waals surface area contributed by atoms with E-state index in [1.54, 1.807) is 13.3 Å². The minimum atomic E-state index is -0.429. The SMILES string of the molecule is CCOC(OCC)c1ccc(Nc2cc(OC)cc(N(C)C)c2)cn1. The van der Waals surface area contributed by atoms with Crippen LogP contribution in [0.25, 0.3) is 0 Å². The van der Waals surface area contributed by atoms with Crippen molar-refractivity contribution in [3.05, 3.63) is 42.2 Å². The normalized spacial score (nSPS) is 10.8. The zero-order valence-electron chi connectivity index (χ0n) is 15.6. The molecule has 0 saturated heterocycles. The topological polar surface area (TPSA) is 55.9 Å². The van der Waals surface area contributed by atoms with Crippen LogP contribution >= 0.6 is 0 Å². The van der Waals surface area contributed by atoms with Crippen LogP contribution in [0.5, 0.6) is 5.75 Å². The van der Waals surface area contributed by atoms with Crippen LogP contribution in [0.15, 0.2) is 36.5 Å². The lowest BCUT2D eigenvalue weighted by Gasteiger charge is -2.18. The Morgan fingerprint density at radius 2 is 1.76 bits per heavy atom. The van der Waals surface area contributed by atoms with E-state index in [0.29, 0.717) is 13.2 Å². The number of hydrogen-bond acceptors (Lipinski definition) is 6. The van der Waals surface area contributed by atoms with Gasteiger partial charge in [-0.2, -0.15) is 0 Å². The van der Waals surface area contributed by atoms with Crippen LogP contribution in [-0.2, 0) is 9.47 Å². The molecule has 2 rings (SSSR count). The summed E-state index contributed by atoms with van der Waals surface area (Å²) in [7, 11) is 5.66. The number of nitrogens with one attached hydrogen (secondary N) is 1. The van der Waals surface area contributed by atoms with Gasteiger partial charge in [0.25, 0.3) is 0 Å². The molecule has 1 N–H and O–H groups in total. The largest absolute Gasteiger partial charge is 0.497 e. The summed E-state index contributed by atoms with van der Waals surface area (Å²) >= 11 is 0. The number of benzene rings is 1. The smallest absolute Gasteiger partial charge is 0.201 e. The van der Waals surface area contributed by atoms with Gasteiger partial charge in [-0.05, 0) is 32.0 Å². The third-order valence-corrected chi connectivity index (χ3v) is 3.60. The van der Waals surface area contributed by atoms with Crippen LogP contribution in [0.2, 0.25) is 0 Å². The minimum Gasteiger partial charge on any atom is -0.497 e. The first kappa shape index (κ1) is 19.0. The molecule has 0 unspecified atom stereocenters. The van der Waals surface area contributed by atoms with E-state index >= 15 is 0 Å². The molecule has 0 spiro atoms. The summed E-state index contributed by atoms with van der Waals surface area (Å²) < 4.78 is 16.5. The third-order valence-electron chi connectivity index (χ3n) is 3.60. The summed E-state index contributed by atoms with van der Waals surface area (Å²) in [5.41, 5.74) is 3.63. The fourth-order valence-electron chi connectivity index (χ4n) is 2.34. The monoisotopic (exact) mass is 345 g/mol. The summed E-state index contributed by atoms with van der Waals surface area (Å²) in [5.74, 6) is 0.797. The molecule has 6 nitrogen and oxygen atoms in total. The molecule has 1 aromatic carbocycles. The number of nitrogens with zero attached hydrogens (tertiary/aromatic N) is 2. The molecule has 0 atom stereocenters. The molecule has 0 aliphatic rings. The second-order valence-electron chi connectivity index (χ2n) is 5.65. The Morgan fingerprint density at radius 3 is 2.28 bits per heavy atom. The van der Waals surface area contributed by atoms with Crippen molar-refractivity contribution in [3.8, 4) is 5.75 Å². The van der Waals surface area contributed by atoms with Gasteiger partial charge in [0, 0.05) is 50.8 Å². The quantitative estimate of drug-likeness (QED) is 0.694. The van der Waals surface area contributed by atoms with Crippen molar-refractivity contribution in [2.75, 3.05) is 44.6 Å². The van der Waals surface area contributed by atoms with Gasteiger partial charge in [-0.3, -0.25) is 4.98 Å². The van der Waals surface area contributed by atoms with E-state index in [0.717, 1.165) is 28.5 Å². The van der Waals surface area contributed by atoms with Crippen molar-refractivity contribution in [2.24, 2.45) is 0 Å². The highest BCUT2D eigenvalue weighted by atomic mass is 16.7. The van der Waals surface area contributed by atoms with Crippen LogP contribution in [0.3, 0.4) is 0 Å². The van der Waals surface area contributed by atoms with Crippen molar-refractivity contribution in [1.29, 1.82) is 0 Å². The lowest BCUT2D eigenvalue weighted by Crippen LogP contribution is -2.10. The Morgan fingerprint density at radius 1 is 1.04 bits per heavy atom. The highest BCUT2D eigenvalue weighted by molar-refractivity contribution is 5.67. The molecule has 0 amide bonds. The summed E-state index contributed by atoms with van der Waals surface area (Å²) in [4.78, 5) is 6.49. The van der Waals surface area contributed by atoms with Crippen molar-refractivity contribution < 1.29 is 14.2 Å². The van der Waals surface area contributed by atoms with E-state index in [4.69, 9.17) is 14.2 Å². The first-order valence-electron chi connectivity index (χ1n) is 8.40. The van der Waals surface area contributed by atoms with E-state index in [2.05, 4.69) is 16.4 Å². The molecular formula is C19H27N3O3. The van der Waals surface area contributed by atoms with Crippen molar-refractivity contribution in [3.63, 3.8) is 0 Å². The van der Waals surface area contributed by atoms with Crippen LogP contribution in [0, 0.1) is 0 Å². The molecule has 0 radical (unpaired) electrons. The van der Waals surface area contributed by atoms with Crippen LogP contribution in [0.4, 0.5) is 17.1 Å². The first-order valence-corrected chi connectivity index (χ1v) is 8.40. The summed E-state index contributed by atoms with van der Waals surface area (Å²) in [5, 5.41) is 3.35. The maximum absolute atomic E-state index is 5.57. The second kappa shape index (κ2) is 9.25. The van der Waals surface area contributed by atoms with Gasteiger partial charge >= 0.3 is 0 Å². The number of aromatic nitrogens is 1. The predicted octanol–water partition coefficient (Wildman–Crippen LogP) is 3.97. The molecule has 2 aromatic rings. The van der Waals surface area contributed by atoms with Gasteiger partial charge in [0.15, 0.2) is 0 Å². The molecule has 0 fully saturated rings. The van der Waals surface area contributed by atoms with Gasteiger partial charge in [-0.25, -0.2) is 0 Å². The van der Waals surface area contributed by atoms with Crippen LogP contribution < -0.4 is 15.0 Å². The van der Waals surface area contributed by atoms with E-state index in [9.17, 15) is 0 Å². The van der Waals surface area contributed by atoms with Gasteiger partial charge < -0.3 is 24.4 Å². The van der Waals surface area contributed by atoms with Crippen molar-refractivity contribution in [1.82, 2.24) is 4.98 Å². The number of ether oxygens (including phenoxy) is 3. The van der Waals surface area contributed by atoms with E-state index in [1.165, 1.54) is 0 Å². The number of rotatable bonds is 9. The average Bonchev–Trinajstić information content (AvgIpc) is 2.62. The molecule has 0 aliphatic heterocycles. The van der Waals surface area contributed by atoms with Gasteiger partial charge in [0.05, 0.1) is 24.7 Å². The molecule has 6 heteroatoms. The molecule has 0 aliphatic carbocycles. The van der Waals surface area contributed by atoms with Crippen molar-refractivity contribution >= 4 is 17.1 Å². The Hall–Kier alpha value is -2.31. The summed E-state index contributed by atoms with van der Waals surface area (Å²) in [6.45, 7) is 5.02. The Labute approximate surface area is 149 Å². The Kier molecular flexibility index (Phi) is 7.03. The third kappa shape index (κ3) is 5.34. The fourth-order valence-corrected chi connectivity index (χ4v) is 2.34. The molecule has 0 bridgehead atoms. The standard InChI is InChI=1S/C19H27N3O3/c1-6-24-19(25-7-2)18-9-8-14(13-20-18)21-15-10-16(22(3)4)12-17(11-15)23-5/h8-13,19,21H,6-7H2,1-5H3. The molecule has 1 aromatic heterocycles. The van der Waals surface area contributed by atoms with Gasteiger partial charge in [0.1, 0.15) is 5.75 Å². The van der Waals surface area contributed by atoms with E-state index in [-0.39, 0.29) is 0 Å². The Bertz CT molecular complexity index is 653. The predicted molar refractivity (Wildman–Crippen MR) is 101 cm³/mol. The zero-order chi connectivity index (χ0) is 18.2. The summed E-state index contributed by atoms with van der Waals surface area (Å²) in [6.07, 6.45) is 1.34. The molecule has 0 saturated carbocycles. The number of hydrogen-bond donors (Lipinski definition) is 1. The van der Waals surface area contributed by atoms with Gasteiger partial charge in [-0.1, -0.05) is 0 Å². The zero-order valence-corrected chi connectivity index (χ0v) is 15.6. The van der Waals surface area contributed by atoms with Crippen LogP contribution in [-0.4, -0.2) is 39.4 Å². The Balaban J connectivity index is 2.16. The number of methoxy groups -OCH3 is 1. The second-order valence-corrected chi connectivity index (χ2v) is 5.65. The highest BCUT2D eigenvalue weighted by Gasteiger charge is 2.12.